The summed E-state index contributed by atoms with van der Waals surface area (Å²) in [5.41, 5.74) is 1.01. The van der Waals surface area contributed by atoms with E-state index in [0.717, 1.165) is 31.2 Å². The molecule has 0 amide bonds. The number of halogens is 1. The minimum absolute atomic E-state index is 0.275. The Morgan fingerprint density at radius 2 is 1.76 bits per heavy atom. The van der Waals surface area contributed by atoms with Gasteiger partial charge in [-0.3, -0.25) is 0 Å². The number of hydrogen-bond donors (Lipinski definition) is 0. The minimum Gasteiger partial charge on any atom is -0.212 e. The second-order valence-electron chi connectivity index (χ2n) is 5.79. The SMILES string of the molecule is O=S(=O)(CC1CCCCC1)N(CCCl)Cc1ccccc1. The van der Waals surface area contributed by atoms with E-state index in [1.165, 1.54) is 6.42 Å². The average Bonchev–Trinajstić information content (AvgIpc) is 2.48. The van der Waals surface area contributed by atoms with Gasteiger partial charge in [0.15, 0.2) is 0 Å². The summed E-state index contributed by atoms with van der Waals surface area (Å²) in [6, 6.07) is 9.71. The molecule has 0 N–H and O–H groups in total. The first-order valence-corrected chi connectivity index (χ1v) is 9.84. The van der Waals surface area contributed by atoms with Crippen LogP contribution in [0.1, 0.15) is 37.7 Å². The maximum absolute atomic E-state index is 12.7. The van der Waals surface area contributed by atoms with Gasteiger partial charge >= 0.3 is 0 Å². The van der Waals surface area contributed by atoms with Gasteiger partial charge in [0.25, 0.3) is 0 Å². The zero-order chi connectivity index (χ0) is 15.1. The molecule has 3 nitrogen and oxygen atoms in total. The first-order valence-electron chi connectivity index (χ1n) is 7.69. The summed E-state index contributed by atoms with van der Waals surface area (Å²) >= 11 is 5.81. The van der Waals surface area contributed by atoms with Crippen molar-refractivity contribution in [2.24, 2.45) is 5.92 Å². The van der Waals surface area contributed by atoms with Gasteiger partial charge in [0.05, 0.1) is 5.75 Å². The number of rotatable bonds is 7. The van der Waals surface area contributed by atoms with E-state index in [0.29, 0.717) is 24.9 Å². The molecule has 0 unspecified atom stereocenters. The molecule has 2 rings (SSSR count). The largest absolute Gasteiger partial charge is 0.214 e. The van der Waals surface area contributed by atoms with Gasteiger partial charge in [0.1, 0.15) is 0 Å². The summed E-state index contributed by atoms with van der Waals surface area (Å²) in [4.78, 5) is 0. The Labute approximate surface area is 133 Å². The Morgan fingerprint density at radius 3 is 2.38 bits per heavy atom. The molecule has 0 aromatic heterocycles. The Morgan fingerprint density at radius 1 is 1.10 bits per heavy atom. The number of alkyl halides is 1. The molecule has 1 aliphatic rings. The van der Waals surface area contributed by atoms with Gasteiger partial charge in [0.2, 0.25) is 10.0 Å². The predicted molar refractivity (Wildman–Crippen MR) is 87.9 cm³/mol. The Kier molecular flexibility index (Phi) is 6.52. The first kappa shape index (κ1) is 16.8. The molecule has 1 fully saturated rings. The fraction of sp³-hybridized carbons (Fsp3) is 0.625. The molecule has 0 heterocycles. The second-order valence-corrected chi connectivity index (χ2v) is 8.18. The van der Waals surface area contributed by atoms with Crippen molar-refractivity contribution >= 4 is 21.6 Å². The van der Waals surface area contributed by atoms with Crippen molar-refractivity contribution < 1.29 is 8.42 Å². The molecule has 0 aliphatic heterocycles. The highest BCUT2D eigenvalue weighted by atomic mass is 35.5. The lowest BCUT2D eigenvalue weighted by atomic mass is 9.91. The van der Waals surface area contributed by atoms with Crippen LogP contribution in [0.5, 0.6) is 0 Å². The van der Waals surface area contributed by atoms with Crippen molar-refractivity contribution in [1.82, 2.24) is 4.31 Å². The molecule has 0 bridgehead atoms. The van der Waals surface area contributed by atoms with Crippen LogP contribution in [0, 0.1) is 5.92 Å². The fourth-order valence-electron chi connectivity index (χ4n) is 2.95. The van der Waals surface area contributed by atoms with Gasteiger partial charge in [0, 0.05) is 19.0 Å². The van der Waals surface area contributed by atoms with Gasteiger partial charge in [-0.1, -0.05) is 49.6 Å². The second kappa shape index (κ2) is 8.16. The molecule has 5 heteroatoms. The average molecular weight is 330 g/mol. The summed E-state index contributed by atoms with van der Waals surface area (Å²) in [5.74, 6) is 0.922. The fourth-order valence-corrected chi connectivity index (χ4v) is 5.11. The third kappa shape index (κ3) is 5.28. The lowest BCUT2D eigenvalue weighted by Gasteiger charge is -2.26. The van der Waals surface area contributed by atoms with Crippen molar-refractivity contribution in [1.29, 1.82) is 0 Å². The van der Waals surface area contributed by atoms with E-state index in [4.69, 9.17) is 11.6 Å². The summed E-state index contributed by atoms with van der Waals surface area (Å²) < 4.78 is 26.9. The predicted octanol–water partition coefficient (Wildman–Crippen LogP) is 3.64. The molecule has 1 aromatic rings. The lowest BCUT2D eigenvalue weighted by molar-refractivity contribution is 0.367. The molecule has 0 saturated heterocycles. The normalized spacial score (nSPS) is 17.2. The molecule has 21 heavy (non-hydrogen) atoms. The van der Waals surface area contributed by atoms with E-state index in [1.54, 1.807) is 4.31 Å². The summed E-state index contributed by atoms with van der Waals surface area (Å²) in [5, 5.41) is 0. The van der Waals surface area contributed by atoms with Gasteiger partial charge in [-0.05, 0) is 24.3 Å². The minimum atomic E-state index is -3.23. The van der Waals surface area contributed by atoms with Crippen LogP contribution >= 0.6 is 11.6 Å². The summed E-state index contributed by atoms with van der Waals surface area (Å²) in [7, 11) is -3.23. The highest BCUT2D eigenvalue weighted by molar-refractivity contribution is 7.89. The Balaban J connectivity index is 2.04. The molecule has 1 aromatic carbocycles. The van der Waals surface area contributed by atoms with Crippen molar-refractivity contribution in [2.75, 3.05) is 18.2 Å². The molecule has 0 atom stereocenters. The summed E-state index contributed by atoms with van der Waals surface area (Å²) in [6.45, 7) is 0.800. The number of nitrogens with zero attached hydrogens (tertiary/aromatic N) is 1. The molecule has 118 valence electrons. The van der Waals surface area contributed by atoms with Crippen LogP contribution in [-0.2, 0) is 16.6 Å². The third-order valence-electron chi connectivity index (χ3n) is 4.10. The van der Waals surface area contributed by atoms with E-state index in [-0.39, 0.29) is 5.75 Å². The van der Waals surface area contributed by atoms with E-state index in [1.807, 2.05) is 30.3 Å². The maximum atomic E-state index is 12.7. The van der Waals surface area contributed by atoms with E-state index in [9.17, 15) is 8.42 Å². The quantitative estimate of drug-likeness (QED) is 0.716. The first-order chi connectivity index (χ1) is 10.1. The number of benzene rings is 1. The molecular formula is C16H24ClNO2S. The van der Waals surface area contributed by atoms with Crippen molar-refractivity contribution in [3.63, 3.8) is 0 Å². The van der Waals surface area contributed by atoms with Crippen LogP contribution in [0.25, 0.3) is 0 Å². The molecular weight excluding hydrogens is 306 g/mol. The van der Waals surface area contributed by atoms with E-state index >= 15 is 0 Å². The Hall–Kier alpha value is -0.580. The van der Waals surface area contributed by atoms with Crippen LogP contribution < -0.4 is 0 Å². The summed E-state index contributed by atoms with van der Waals surface area (Å²) in [6.07, 6.45) is 5.65. The van der Waals surface area contributed by atoms with Gasteiger partial charge in [-0.2, -0.15) is 4.31 Å². The third-order valence-corrected chi connectivity index (χ3v) is 6.26. The zero-order valence-electron chi connectivity index (χ0n) is 12.4. The van der Waals surface area contributed by atoms with E-state index in [2.05, 4.69) is 0 Å². The lowest BCUT2D eigenvalue weighted by Crippen LogP contribution is -2.36. The van der Waals surface area contributed by atoms with Gasteiger partial charge in [-0.25, -0.2) is 8.42 Å². The molecule has 0 spiro atoms. The zero-order valence-corrected chi connectivity index (χ0v) is 14.0. The molecule has 0 radical (unpaired) electrons. The number of sulfonamides is 1. The van der Waals surface area contributed by atoms with Crippen LogP contribution in [0.4, 0.5) is 0 Å². The maximum Gasteiger partial charge on any atom is 0.214 e. The van der Waals surface area contributed by atoms with Gasteiger partial charge in [-0.15, -0.1) is 11.6 Å². The highest BCUT2D eigenvalue weighted by Crippen LogP contribution is 2.26. The van der Waals surface area contributed by atoms with Crippen LogP contribution in [0.15, 0.2) is 30.3 Å². The van der Waals surface area contributed by atoms with Crippen molar-refractivity contribution in [2.45, 2.75) is 38.6 Å². The van der Waals surface area contributed by atoms with E-state index < -0.39 is 10.0 Å². The van der Waals surface area contributed by atoms with Crippen LogP contribution in [0.2, 0.25) is 0 Å². The molecule has 1 aliphatic carbocycles. The van der Waals surface area contributed by atoms with Crippen LogP contribution in [0.3, 0.4) is 0 Å². The smallest absolute Gasteiger partial charge is 0.212 e. The van der Waals surface area contributed by atoms with Crippen LogP contribution in [-0.4, -0.2) is 30.9 Å². The standard InChI is InChI=1S/C16H24ClNO2S/c17-11-12-18(13-15-7-3-1-4-8-15)21(19,20)14-16-9-5-2-6-10-16/h1,3-4,7-8,16H,2,5-6,9-14H2. The Bertz CT molecular complexity index is 512. The topological polar surface area (TPSA) is 37.4 Å². The highest BCUT2D eigenvalue weighted by Gasteiger charge is 2.27. The number of hydrogen-bond acceptors (Lipinski definition) is 2. The monoisotopic (exact) mass is 329 g/mol. The van der Waals surface area contributed by atoms with Crippen molar-refractivity contribution in [3.8, 4) is 0 Å². The van der Waals surface area contributed by atoms with Gasteiger partial charge < -0.3 is 0 Å². The molecule has 1 saturated carbocycles. The van der Waals surface area contributed by atoms with Crippen molar-refractivity contribution in [3.05, 3.63) is 35.9 Å².